The highest BCUT2D eigenvalue weighted by atomic mass is 16.5. The van der Waals surface area contributed by atoms with Crippen LogP contribution >= 0.6 is 0 Å². The molecule has 0 amide bonds. The van der Waals surface area contributed by atoms with E-state index in [1.807, 2.05) is 60.7 Å². The van der Waals surface area contributed by atoms with Crippen LogP contribution in [0.1, 0.15) is 0 Å². The Bertz CT molecular complexity index is 737. The molecule has 3 nitrogen and oxygen atoms in total. The smallest absolute Gasteiger partial charge is 0.150 e. The van der Waals surface area contributed by atoms with Crippen LogP contribution in [0.4, 0.5) is 11.4 Å². The second-order valence-corrected chi connectivity index (χ2v) is 4.75. The van der Waals surface area contributed by atoms with Gasteiger partial charge in [0, 0.05) is 11.3 Å². The van der Waals surface area contributed by atoms with Crippen molar-refractivity contribution in [3.63, 3.8) is 0 Å². The number of hydrogen-bond donors (Lipinski definition) is 2. The molecule has 3 aromatic carbocycles. The van der Waals surface area contributed by atoms with Crippen LogP contribution in [-0.2, 0) is 0 Å². The van der Waals surface area contributed by atoms with E-state index < -0.39 is 0 Å². The van der Waals surface area contributed by atoms with Gasteiger partial charge in [-0.2, -0.15) is 0 Å². The molecule has 4 N–H and O–H groups in total. The summed E-state index contributed by atoms with van der Waals surface area (Å²) in [6.07, 6.45) is 0. The van der Waals surface area contributed by atoms with Crippen LogP contribution in [0.25, 0.3) is 11.1 Å². The maximum absolute atomic E-state index is 6.24. The first-order chi connectivity index (χ1) is 10.2. The van der Waals surface area contributed by atoms with Gasteiger partial charge in [-0.1, -0.05) is 42.5 Å². The van der Waals surface area contributed by atoms with E-state index in [0.717, 1.165) is 11.1 Å². The lowest BCUT2D eigenvalue weighted by Crippen LogP contribution is -1.95. The highest BCUT2D eigenvalue weighted by Gasteiger charge is 2.08. The second-order valence-electron chi connectivity index (χ2n) is 4.75. The summed E-state index contributed by atoms with van der Waals surface area (Å²) < 4.78 is 5.85. The average Bonchev–Trinajstić information content (AvgIpc) is 2.52. The molecule has 0 fully saturated rings. The molecule has 104 valence electrons. The minimum absolute atomic E-state index is 0.625. The minimum atomic E-state index is 0.625. The number of para-hydroxylation sites is 1. The number of anilines is 2. The first kappa shape index (κ1) is 13.1. The summed E-state index contributed by atoms with van der Waals surface area (Å²) in [6.45, 7) is 0. The topological polar surface area (TPSA) is 61.3 Å². The summed E-state index contributed by atoms with van der Waals surface area (Å²) >= 11 is 0. The minimum Gasteiger partial charge on any atom is -0.455 e. The molecule has 3 rings (SSSR count). The van der Waals surface area contributed by atoms with Crippen LogP contribution in [0.15, 0.2) is 72.8 Å². The fraction of sp³-hybridized carbons (Fsp3) is 0. The molecule has 3 aromatic rings. The summed E-state index contributed by atoms with van der Waals surface area (Å²) in [7, 11) is 0. The third-order valence-electron chi connectivity index (χ3n) is 3.26. The summed E-state index contributed by atoms with van der Waals surface area (Å²) in [6, 6.07) is 23.0. The van der Waals surface area contributed by atoms with E-state index in [9.17, 15) is 0 Å². The van der Waals surface area contributed by atoms with Crippen LogP contribution in [0, 0.1) is 0 Å². The van der Waals surface area contributed by atoms with E-state index in [1.165, 1.54) is 0 Å². The molecular formula is C18H16N2O. The first-order valence-electron chi connectivity index (χ1n) is 6.71. The van der Waals surface area contributed by atoms with Crippen LogP contribution in [0.2, 0.25) is 0 Å². The fourth-order valence-corrected chi connectivity index (χ4v) is 2.17. The Morgan fingerprint density at radius 1 is 0.667 bits per heavy atom. The third-order valence-corrected chi connectivity index (χ3v) is 3.26. The molecule has 0 heterocycles. The number of nitrogen functional groups attached to an aromatic ring is 2. The highest BCUT2D eigenvalue weighted by Crippen LogP contribution is 2.35. The molecule has 0 aromatic heterocycles. The van der Waals surface area contributed by atoms with Crippen molar-refractivity contribution in [3.05, 3.63) is 72.8 Å². The average molecular weight is 276 g/mol. The zero-order valence-electron chi connectivity index (χ0n) is 11.5. The number of hydrogen-bond acceptors (Lipinski definition) is 3. The van der Waals surface area contributed by atoms with Gasteiger partial charge < -0.3 is 16.2 Å². The lowest BCUT2D eigenvalue weighted by molar-refractivity contribution is 0.485. The van der Waals surface area contributed by atoms with Gasteiger partial charge in [0.05, 0.1) is 5.69 Å². The molecule has 3 heteroatoms. The number of benzene rings is 3. The van der Waals surface area contributed by atoms with Crippen molar-refractivity contribution < 1.29 is 4.74 Å². The van der Waals surface area contributed by atoms with E-state index in [4.69, 9.17) is 16.2 Å². The van der Waals surface area contributed by atoms with Gasteiger partial charge in [0.2, 0.25) is 0 Å². The van der Waals surface area contributed by atoms with Crippen LogP contribution in [0.5, 0.6) is 11.5 Å². The molecule has 0 aliphatic heterocycles. The van der Waals surface area contributed by atoms with Crippen molar-refractivity contribution in [2.45, 2.75) is 0 Å². The Labute approximate surface area is 123 Å². The predicted molar refractivity (Wildman–Crippen MR) is 87.2 cm³/mol. The van der Waals surface area contributed by atoms with E-state index in [-0.39, 0.29) is 0 Å². The molecule has 21 heavy (non-hydrogen) atoms. The number of nitrogens with two attached hydrogens (primary N) is 2. The third kappa shape index (κ3) is 2.82. The van der Waals surface area contributed by atoms with Crippen molar-refractivity contribution >= 4 is 11.4 Å². The van der Waals surface area contributed by atoms with E-state index >= 15 is 0 Å². The number of ether oxygens (including phenoxy) is 1. The Morgan fingerprint density at radius 3 is 2.10 bits per heavy atom. The molecule has 0 radical (unpaired) electrons. The molecule has 0 aliphatic rings. The van der Waals surface area contributed by atoms with Crippen molar-refractivity contribution in [1.29, 1.82) is 0 Å². The van der Waals surface area contributed by atoms with Crippen molar-refractivity contribution in [3.8, 4) is 22.6 Å². The molecule has 0 unspecified atom stereocenters. The zero-order valence-corrected chi connectivity index (χ0v) is 11.5. The summed E-state index contributed by atoms with van der Waals surface area (Å²) in [5, 5.41) is 0. The fourth-order valence-electron chi connectivity index (χ4n) is 2.17. The van der Waals surface area contributed by atoms with Gasteiger partial charge in [-0.25, -0.2) is 0 Å². The van der Waals surface area contributed by atoms with Crippen LogP contribution in [-0.4, -0.2) is 0 Å². The van der Waals surface area contributed by atoms with E-state index in [1.54, 1.807) is 12.1 Å². The molecule has 0 aliphatic carbocycles. The lowest BCUT2D eigenvalue weighted by atomic mass is 10.0. The van der Waals surface area contributed by atoms with Gasteiger partial charge in [-0.15, -0.1) is 0 Å². The van der Waals surface area contributed by atoms with Gasteiger partial charge >= 0.3 is 0 Å². The Kier molecular flexibility index (Phi) is 3.48. The van der Waals surface area contributed by atoms with E-state index in [0.29, 0.717) is 22.9 Å². The summed E-state index contributed by atoms with van der Waals surface area (Å²) in [5.41, 5.74) is 15.3. The quantitative estimate of drug-likeness (QED) is 0.701. The Hall–Kier alpha value is -2.94. The van der Waals surface area contributed by atoms with Crippen LogP contribution in [0.3, 0.4) is 0 Å². The SMILES string of the molecule is Nc1ccc(Oc2cccc(-c3ccccc3)c2N)cc1. The summed E-state index contributed by atoms with van der Waals surface area (Å²) in [4.78, 5) is 0. The number of rotatable bonds is 3. The van der Waals surface area contributed by atoms with Gasteiger partial charge in [0.15, 0.2) is 5.75 Å². The zero-order chi connectivity index (χ0) is 14.7. The molecule has 0 atom stereocenters. The van der Waals surface area contributed by atoms with Gasteiger partial charge in [0.25, 0.3) is 0 Å². The normalized spacial score (nSPS) is 10.3. The molecule has 0 bridgehead atoms. The lowest BCUT2D eigenvalue weighted by Gasteiger charge is -2.12. The predicted octanol–water partition coefficient (Wildman–Crippen LogP) is 4.31. The molecule has 0 saturated heterocycles. The van der Waals surface area contributed by atoms with Gasteiger partial charge in [-0.3, -0.25) is 0 Å². The largest absolute Gasteiger partial charge is 0.455 e. The van der Waals surface area contributed by atoms with Gasteiger partial charge in [-0.05, 0) is 35.9 Å². The van der Waals surface area contributed by atoms with Crippen molar-refractivity contribution in [2.24, 2.45) is 0 Å². The van der Waals surface area contributed by atoms with Gasteiger partial charge in [0.1, 0.15) is 5.75 Å². The highest BCUT2D eigenvalue weighted by molar-refractivity contribution is 5.80. The monoisotopic (exact) mass is 276 g/mol. The molecule has 0 spiro atoms. The molecular weight excluding hydrogens is 260 g/mol. The van der Waals surface area contributed by atoms with Crippen molar-refractivity contribution in [1.82, 2.24) is 0 Å². The van der Waals surface area contributed by atoms with Crippen LogP contribution < -0.4 is 16.2 Å². The maximum atomic E-state index is 6.24. The van der Waals surface area contributed by atoms with Crippen molar-refractivity contribution in [2.75, 3.05) is 11.5 Å². The Morgan fingerprint density at radius 2 is 1.38 bits per heavy atom. The summed E-state index contributed by atoms with van der Waals surface area (Å²) in [5.74, 6) is 1.35. The Balaban J connectivity index is 1.95. The molecule has 0 saturated carbocycles. The first-order valence-corrected chi connectivity index (χ1v) is 6.71. The standard InChI is InChI=1S/C18H16N2O/c19-14-9-11-15(12-10-14)21-17-8-4-7-16(18(17)20)13-5-2-1-3-6-13/h1-12H,19-20H2. The maximum Gasteiger partial charge on any atom is 0.150 e. The van der Waals surface area contributed by atoms with E-state index in [2.05, 4.69) is 0 Å². The second kappa shape index (κ2) is 5.59.